The summed E-state index contributed by atoms with van der Waals surface area (Å²) in [6.45, 7) is 3.57. The first kappa shape index (κ1) is 14.8. The van der Waals surface area contributed by atoms with Crippen LogP contribution in [0, 0.1) is 12.7 Å². The van der Waals surface area contributed by atoms with Crippen molar-refractivity contribution in [2.75, 3.05) is 6.61 Å². The number of ether oxygens (including phenoxy) is 1. The van der Waals surface area contributed by atoms with Gasteiger partial charge in [0, 0.05) is 18.5 Å². The monoisotopic (exact) mass is 281 g/mol. The Balaban J connectivity index is 1.89. The molecule has 1 fully saturated rings. The molecular formula is C15H20FNO3. The molecule has 0 heterocycles. The first-order chi connectivity index (χ1) is 9.40. The molecule has 0 bridgehead atoms. The predicted octanol–water partition coefficient (Wildman–Crippen LogP) is 2.50. The maximum absolute atomic E-state index is 13.4. The standard InChI is InChI=1S/C15H20FNO3/c1-10-3-6-12(9-13(10)16)20-8-7-15(2,14(18)19)17-11-4-5-11/h3,6,9,11,17H,4-5,7-8H2,1-2H3,(H,18,19). The van der Waals surface area contributed by atoms with Gasteiger partial charge in [0.05, 0.1) is 6.61 Å². The molecule has 1 unspecified atom stereocenters. The normalized spacial score (nSPS) is 17.6. The molecule has 0 radical (unpaired) electrons. The fourth-order valence-electron chi connectivity index (χ4n) is 1.96. The molecule has 1 atom stereocenters. The van der Waals surface area contributed by atoms with Crippen LogP contribution in [0.1, 0.15) is 31.7 Å². The van der Waals surface area contributed by atoms with Crippen LogP contribution in [0.2, 0.25) is 0 Å². The van der Waals surface area contributed by atoms with Crippen LogP contribution in [0.4, 0.5) is 4.39 Å². The number of rotatable bonds is 7. The largest absolute Gasteiger partial charge is 0.493 e. The fraction of sp³-hybridized carbons (Fsp3) is 0.533. The molecule has 1 aliphatic rings. The summed E-state index contributed by atoms with van der Waals surface area (Å²) in [5.41, 5.74) is -0.437. The van der Waals surface area contributed by atoms with E-state index in [1.165, 1.54) is 6.07 Å². The summed E-state index contributed by atoms with van der Waals surface area (Å²) in [5.74, 6) is -0.782. The molecule has 0 amide bonds. The third-order valence-corrected chi connectivity index (χ3v) is 3.59. The smallest absolute Gasteiger partial charge is 0.323 e. The molecule has 0 spiro atoms. The number of hydrogen-bond donors (Lipinski definition) is 2. The molecule has 2 N–H and O–H groups in total. The SMILES string of the molecule is Cc1ccc(OCCC(C)(NC2CC2)C(=O)O)cc1F. The van der Waals surface area contributed by atoms with Crippen LogP contribution in [0.5, 0.6) is 5.75 Å². The van der Waals surface area contributed by atoms with E-state index in [2.05, 4.69) is 5.32 Å². The van der Waals surface area contributed by atoms with Crippen LogP contribution >= 0.6 is 0 Å². The highest BCUT2D eigenvalue weighted by molar-refractivity contribution is 5.78. The van der Waals surface area contributed by atoms with Gasteiger partial charge in [-0.2, -0.15) is 0 Å². The lowest BCUT2D eigenvalue weighted by molar-refractivity contribution is -0.144. The summed E-state index contributed by atoms with van der Waals surface area (Å²) in [5, 5.41) is 12.4. The van der Waals surface area contributed by atoms with Gasteiger partial charge in [0.2, 0.25) is 0 Å². The van der Waals surface area contributed by atoms with Crippen LogP contribution in [-0.4, -0.2) is 29.3 Å². The van der Waals surface area contributed by atoms with Gasteiger partial charge in [0.25, 0.3) is 0 Å². The average molecular weight is 281 g/mol. The zero-order valence-electron chi connectivity index (χ0n) is 11.8. The Hall–Kier alpha value is -1.62. The lowest BCUT2D eigenvalue weighted by Gasteiger charge is -2.26. The summed E-state index contributed by atoms with van der Waals surface area (Å²) in [7, 11) is 0. The summed E-state index contributed by atoms with van der Waals surface area (Å²) >= 11 is 0. The quantitative estimate of drug-likeness (QED) is 0.806. The number of carbonyl (C=O) groups is 1. The Bertz CT molecular complexity index is 502. The lowest BCUT2D eigenvalue weighted by Crippen LogP contribution is -2.51. The first-order valence-electron chi connectivity index (χ1n) is 6.81. The summed E-state index contributed by atoms with van der Waals surface area (Å²) in [4.78, 5) is 11.3. The van der Waals surface area contributed by atoms with Gasteiger partial charge in [-0.15, -0.1) is 0 Å². The van der Waals surface area contributed by atoms with Crippen molar-refractivity contribution in [2.24, 2.45) is 0 Å². The van der Waals surface area contributed by atoms with Gasteiger partial charge >= 0.3 is 5.97 Å². The van der Waals surface area contributed by atoms with Crippen molar-refractivity contribution in [1.29, 1.82) is 0 Å². The molecule has 0 aliphatic heterocycles. The molecule has 1 aromatic rings. The number of aryl methyl sites for hydroxylation is 1. The number of nitrogens with one attached hydrogen (secondary N) is 1. The number of carboxylic acids is 1. The molecular weight excluding hydrogens is 261 g/mol. The average Bonchev–Trinajstić information content (AvgIpc) is 3.17. The molecule has 5 heteroatoms. The second-order valence-electron chi connectivity index (χ2n) is 5.57. The molecule has 20 heavy (non-hydrogen) atoms. The Morgan fingerprint density at radius 2 is 2.25 bits per heavy atom. The molecule has 2 rings (SSSR count). The van der Waals surface area contributed by atoms with Crippen LogP contribution in [0.15, 0.2) is 18.2 Å². The van der Waals surface area contributed by atoms with E-state index < -0.39 is 11.5 Å². The number of benzene rings is 1. The van der Waals surface area contributed by atoms with Crippen LogP contribution in [0.25, 0.3) is 0 Å². The van der Waals surface area contributed by atoms with Crippen molar-refractivity contribution in [3.8, 4) is 5.75 Å². The maximum Gasteiger partial charge on any atom is 0.323 e. The highest BCUT2D eigenvalue weighted by Gasteiger charge is 2.38. The summed E-state index contributed by atoms with van der Waals surface area (Å²) in [6, 6.07) is 4.95. The minimum absolute atomic E-state index is 0.227. The number of carboxylic acid groups (broad SMARTS) is 1. The molecule has 4 nitrogen and oxygen atoms in total. The molecule has 1 aromatic carbocycles. The molecule has 1 aliphatic carbocycles. The predicted molar refractivity (Wildman–Crippen MR) is 73.4 cm³/mol. The topological polar surface area (TPSA) is 58.6 Å². The van der Waals surface area contributed by atoms with Crippen molar-refractivity contribution in [2.45, 2.75) is 44.7 Å². The Morgan fingerprint density at radius 3 is 2.80 bits per heavy atom. The minimum atomic E-state index is -0.996. The van der Waals surface area contributed by atoms with E-state index in [0.29, 0.717) is 23.8 Å². The molecule has 0 aromatic heterocycles. The van der Waals surface area contributed by atoms with E-state index in [1.807, 2.05) is 0 Å². The van der Waals surface area contributed by atoms with E-state index in [4.69, 9.17) is 4.74 Å². The van der Waals surface area contributed by atoms with Gasteiger partial charge in [-0.1, -0.05) is 6.07 Å². The molecule has 110 valence electrons. The van der Waals surface area contributed by atoms with E-state index >= 15 is 0 Å². The summed E-state index contributed by atoms with van der Waals surface area (Å²) in [6.07, 6.45) is 2.37. The Kier molecular flexibility index (Phi) is 4.28. The zero-order chi connectivity index (χ0) is 14.8. The fourth-order valence-corrected chi connectivity index (χ4v) is 1.96. The van der Waals surface area contributed by atoms with Gasteiger partial charge in [0.1, 0.15) is 17.1 Å². The molecule has 0 saturated heterocycles. The van der Waals surface area contributed by atoms with Gasteiger partial charge in [0.15, 0.2) is 0 Å². The number of aliphatic carboxylic acids is 1. The second-order valence-corrected chi connectivity index (χ2v) is 5.57. The van der Waals surface area contributed by atoms with Crippen molar-refractivity contribution in [3.63, 3.8) is 0 Å². The molecule has 1 saturated carbocycles. The third-order valence-electron chi connectivity index (χ3n) is 3.59. The van der Waals surface area contributed by atoms with Crippen LogP contribution in [0.3, 0.4) is 0 Å². The first-order valence-corrected chi connectivity index (χ1v) is 6.81. The zero-order valence-corrected chi connectivity index (χ0v) is 11.8. The van der Waals surface area contributed by atoms with Crippen LogP contribution in [-0.2, 0) is 4.79 Å². The minimum Gasteiger partial charge on any atom is -0.493 e. The number of halogens is 1. The number of hydrogen-bond acceptors (Lipinski definition) is 3. The third kappa shape index (κ3) is 3.70. The Morgan fingerprint density at radius 1 is 1.55 bits per heavy atom. The van der Waals surface area contributed by atoms with Crippen molar-refractivity contribution in [1.82, 2.24) is 5.32 Å². The highest BCUT2D eigenvalue weighted by Crippen LogP contribution is 2.24. The highest BCUT2D eigenvalue weighted by atomic mass is 19.1. The van der Waals surface area contributed by atoms with Crippen molar-refractivity contribution < 1.29 is 19.0 Å². The lowest BCUT2D eigenvalue weighted by atomic mass is 9.98. The second kappa shape index (κ2) is 5.79. The van der Waals surface area contributed by atoms with Gasteiger partial charge in [-0.3, -0.25) is 10.1 Å². The van der Waals surface area contributed by atoms with Gasteiger partial charge in [-0.25, -0.2) is 4.39 Å². The van der Waals surface area contributed by atoms with Gasteiger partial charge in [-0.05, 0) is 38.3 Å². The van der Waals surface area contributed by atoms with E-state index in [0.717, 1.165) is 12.8 Å². The summed E-state index contributed by atoms with van der Waals surface area (Å²) < 4.78 is 18.8. The maximum atomic E-state index is 13.4. The van der Waals surface area contributed by atoms with Crippen LogP contribution < -0.4 is 10.1 Å². The van der Waals surface area contributed by atoms with E-state index in [1.54, 1.807) is 26.0 Å². The van der Waals surface area contributed by atoms with Crippen molar-refractivity contribution >= 4 is 5.97 Å². The van der Waals surface area contributed by atoms with Gasteiger partial charge < -0.3 is 9.84 Å². The Labute approximate surface area is 117 Å². The van der Waals surface area contributed by atoms with Crippen molar-refractivity contribution in [3.05, 3.63) is 29.6 Å². The van der Waals surface area contributed by atoms with E-state index in [9.17, 15) is 14.3 Å². The van der Waals surface area contributed by atoms with E-state index in [-0.39, 0.29) is 12.4 Å².